The summed E-state index contributed by atoms with van der Waals surface area (Å²) in [4.78, 5) is 17.2. The third-order valence-corrected chi connectivity index (χ3v) is 3.43. The highest BCUT2D eigenvalue weighted by molar-refractivity contribution is 7.99. The first-order chi connectivity index (χ1) is 10.0. The minimum atomic E-state index is -1.04. The smallest absolute Gasteiger partial charge is 0.258 e. The van der Waals surface area contributed by atoms with E-state index in [1.807, 2.05) is 0 Å². The molecule has 2 heterocycles. The maximum atomic E-state index is 13.8. The van der Waals surface area contributed by atoms with Crippen LogP contribution in [-0.4, -0.2) is 24.5 Å². The minimum absolute atomic E-state index is 0.0837. The highest BCUT2D eigenvalue weighted by Gasteiger charge is 2.19. The van der Waals surface area contributed by atoms with Gasteiger partial charge in [0.05, 0.1) is 22.0 Å². The lowest BCUT2D eigenvalue weighted by Crippen LogP contribution is -1.94. The van der Waals surface area contributed by atoms with E-state index in [1.165, 1.54) is 10.7 Å². The molecule has 0 aliphatic carbocycles. The molecule has 2 aromatic heterocycles. The van der Waals surface area contributed by atoms with Crippen LogP contribution in [0.1, 0.15) is 0 Å². The van der Waals surface area contributed by atoms with Crippen molar-refractivity contribution < 1.29 is 13.7 Å². The van der Waals surface area contributed by atoms with E-state index in [4.69, 9.17) is 0 Å². The molecule has 1 aromatic carbocycles. The molecule has 0 unspecified atom stereocenters. The molecule has 0 radical (unpaired) electrons. The van der Waals surface area contributed by atoms with Crippen molar-refractivity contribution in [3.63, 3.8) is 0 Å². The predicted octanol–water partition coefficient (Wildman–Crippen LogP) is 2.46. The van der Waals surface area contributed by atoms with Gasteiger partial charge in [-0.3, -0.25) is 10.1 Å². The van der Waals surface area contributed by atoms with Crippen LogP contribution in [0.4, 0.5) is 14.5 Å². The van der Waals surface area contributed by atoms with E-state index in [1.54, 1.807) is 12.3 Å². The second-order valence-electron chi connectivity index (χ2n) is 3.86. The zero-order valence-corrected chi connectivity index (χ0v) is 10.9. The van der Waals surface area contributed by atoms with Crippen LogP contribution in [0.25, 0.3) is 5.78 Å². The number of fused-ring (bicyclic) bond motifs is 1. The monoisotopic (exact) mass is 309 g/mol. The number of halogens is 2. The molecular formula is C11H5F2N5O2S. The largest absolute Gasteiger partial charge is 0.275 e. The number of nitrogens with zero attached hydrogens (tertiary/aromatic N) is 5. The van der Waals surface area contributed by atoms with E-state index in [9.17, 15) is 18.9 Å². The number of aromatic nitrogens is 4. The van der Waals surface area contributed by atoms with Crippen molar-refractivity contribution in [3.8, 4) is 0 Å². The first kappa shape index (κ1) is 13.4. The number of nitro groups is 1. The SMILES string of the molecule is O=[N+]([O-])c1cc(F)c(Sc2nc3ncccn3n2)c(F)c1. The fourth-order valence-corrected chi connectivity index (χ4v) is 2.35. The lowest BCUT2D eigenvalue weighted by molar-refractivity contribution is -0.385. The molecule has 0 N–H and O–H groups in total. The third-order valence-electron chi connectivity index (χ3n) is 2.48. The molecule has 106 valence electrons. The van der Waals surface area contributed by atoms with Gasteiger partial charge >= 0.3 is 0 Å². The summed E-state index contributed by atoms with van der Waals surface area (Å²) < 4.78 is 28.9. The number of nitro benzene ring substituents is 1. The number of hydrogen-bond donors (Lipinski definition) is 0. The van der Waals surface area contributed by atoms with Crippen molar-refractivity contribution in [2.45, 2.75) is 10.1 Å². The van der Waals surface area contributed by atoms with Gasteiger partial charge in [0.15, 0.2) is 0 Å². The lowest BCUT2D eigenvalue weighted by atomic mass is 10.3. The molecule has 3 aromatic rings. The Hall–Kier alpha value is -2.62. The van der Waals surface area contributed by atoms with Gasteiger partial charge in [0.2, 0.25) is 5.16 Å². The van der Waals surface area contributed by atoms with Crippen LogP contribution in [0.2, 0.25) is 0 Å². The Kier molecular flexibility index (Phi) is 3.22. The maximum Gasteiger partial charge on any atom is 0.275 e. The number of non-ortho nitro benzene ring substituents is 1. The topological polar surface area (TPSA) is 86.2 Å². The molecule has 21 heavy (non-hydrogen) atoms. The van der Waals surface area contributed by atoms with Gasteiger partial charge in [0.25, 0.3) is 11.5 Å². The van der Waals surface area contributed by atoms with E-state index in [0.717, 1.165) is 0 Å². The van der Waals surface area contributed by atoms with Crippen LogP contribution in [0, 0.1) is 21.7 Å². The summed E-state index contributed by atoms with van der Waals surface area (Å²) in [6.45, 7) is 0. The van der Waals surface area contributed by atoms with Gasteiger partial charge in [-0.1, -0.05) is 0 Å². The Morgan fingerprint density at radius 1 is 1.29 bits per heavy atom. The first-order valence-corrected chi connectivity index (χ1v) is 6.35. The van der Waals surface area contributed by atoms with Gasteiger partial charge in [0.1, 0.15) is 11.6 Å². The van der Waals surface area contributed by atoms with Gasteiger partial charge in [-0.05, 0) is 17.8 Å². The second-order valence-corrected chi connectivity index (χ2v) is 4.83. The molecule has 0 saturated carbocycles. The average molecular weight is 309 g/mol. The summed E-state index contributed by atoms with van der Waals surface area (Å²) in [6.07, 6.45) is 3.09. The lowest BCUT2D eigenvalue weighted by Gasteiger charge is -2.01. The summed E-state index contributed by atoms with van der Waals surface area (Å²) in [5.74, 6) is -1.81. The zero-order chi connectivity index (χ0) is 15.0. The molecule has 10 heteroatoms. The number of hydrogen-bond acceptors (Lipinski definition) is 6. The normalized spacial score (nSPS) is 11.0. The Balaban J connectivity index is 1.99. The zero-order valence-electron chi connectivity index (χ0n) is 10.1. The second kappa shape index (κ2) is 5.05. The van der Waals surface area contributed by atoms with E-state index < -0.39 is 27.1 Å². The van der Waals surface area contributed by atoms with Gasteiger partial charge in [-0.25, -0.2) is 18.3 Å². The van der Waals surface area contributed by atoms with E-state index in [0.29, 0.717) is 23.9 Å². The quantitative estimate of drug-likeness (QED) is 0.545. The summed E-state index contributed by atoms with van der Waals surface area (Å²) >= 11 is 0.631. The highest BCUT2D eigenvalue weighted by Crippen LogP contribution is 2.32. The van der Waals surface area contributed by atoms with Gasteiger partial charge in [0, 0.05) is 12.4 Å². The van der Waals surface area contributed by atoms with Crippen molar-refractivity contribution in [3.05, 3.63) is 52.3 Å². The average Bonchev–Trinajstić information content (AvgIpc) is 2.85. The molecule has 0 spiro atoms. The van der Waals surface area contributed by atoms with Crippen molar-refractivity contribution in [1.29, 1.82) is 0 Å². The predicted molar refractivity (Wildman–Crippen MR) is 67.9 cm³/mol. The molecule has 0 bridgehead atoms. The van der Waals surface area contributed by atoms with Crippen molar-refractivity contribution in [1.82, 2.24) is 19.6 Å². The third kappa shape index (κ3) is 2.52. The van der Waals surface area contributed by atoms with Crippen molar-refractivity contribution >= 4 is 23.2 Å². The Morgan fingerprint density at radius 3 is 2.62 bits per heavy atom. The van der Waals surface area contributed by atoms with E-state index in [-0.39, 0.29) is 10.9 Å². The van der Waals surface area contributed by atoms with E-state index in [2.05, 4.69) is 15.1 Å². The molecule has 0 fully saturated rings. The molecule has 0 aliphatic rings. The standard InChI is InChI=1S/C11H5F2N5O2S/c12-7-4-6(18(19)20)5-8(13)9(7)21-11-15-10-14-2-1-3-17(10)16-11/h1-5H. The number of benzene rings is 1. The van der Waals surface area contributed by atoms with Crippen molar-refractivity contribution in [2.75, 3.05) is 0 Å². The minimum Gasteiger partial charge on any atom is -0.258 e. The molecule has 0 saturated heterocycles. The van der Waals surface area contributed by atoms with Gasteiger partial charge < -0.3 is 0 Å². The molecule has 0 aliphatic heterocycles. The van der Waals surface area contributed by atoms with Crippen LogP contribution in [-0.2, 0) is 0 Å². The maximum absolute atomic E-state index is 13.8. The summed E-state index contributed by atoms with van der Waals surface area (Å²) in [5, 5.41) is 14.6. The summed E-state index contributed by atoms with van der Waals surface area (Å²) in [5.41, 5.74) is -0.654. The van der Waals surface area contributed by atoms with Gasteiger partial charge in [-0.15, -0.1) is 5.10 Å². The molecule has 7 nitrogen and oxygen atoms in total. The Morgan fingerprint density at radius 2 is 2.00 bits per heavy atom. The van der Waals surface area contributed by atoms with Gasteiger partial charge in [-0.2, -0.15) is 4.98 Å². The van der Waals surface area contributed by atoms with Crippen LogP contribution in [0.5, 0.6) is 0 Å². The number of rotatable bonds is 3. The van der Waals surface area contributed by atoms with Crippen molar-refractivity contribution in [2.24, 2.45) is 0 Å². The Bertz CT molecular complexity index is 797. The molecule has 3 rings (SSSR count). The summed E-state index contributed by atoms with van der Waals surface area (Å²) in [6, 6.07) is 2.93. The van der Waals surface area contributed by atoms with Crippen LogP contribution < -0.4 is 0 Å². The van der Waals surface area contributed by atoms with Crippen LogP contribution in [0.15, 0.2) is 40.6 Å². The molecule has 0 amide bonds. The van der Waals surface area contributed by atoms with E-state index >= 15 is 0 Å². The summed E-state index contributed by atoms with van der Waals surface area (Å²) in [7, 11) is 0. The fourth-order valence-electron chi connectivity index (χ4n) is 1.60. The molecule has 0 atom stereocenters. The fraction of sp³-hybridized carbons (Fsp3) is 0. The van der Waals surface area contributed by atoms with Crippen LogP contribution >= 0.6 is 11.8 Å². The molecular weight excluding hydrogens is 304 g/mol. The Labute approximate surface area is 119 Å². The highest BCUT2D eigenvalue weighted by atomic mass is 32.2. The van der Waals surface area contributed by atoms with Crippen LogP contribution in [0.3, 0.4) is 0 Å². The first-order valence-electron chi connectivity index (χ1n) is 5.53.